The van der Waals surface area contributed by atoms with E-state index in [1.54, 1.807) is 0 Å². The molecule has 1 aromatic carbocycles. The van der Waals surface area contributed by atoms with Crippen LogP contribution in [-0.4, -0.2) is 25.9 Å². The second-order valence-corrected chi connectivity index (χ2v) is 5.82. The van der Waals surface area contributed by atoms with Gasteiger partial charge < -0.3 is 15.2 Å². The van der Waals surface area contributed by atoms with E-state index in [0.29, 0.717) is 0 Å². The lowest BCUT2D eigenvalue weighted by Crippen LogP contribution is -2.18. The molecule has 0 aliphatic heterocycles. The fraction of sp³-hybridized carbons (Fsp3) is 0.647. The fourth-order valence-electron chi connectivity index (χ4n) is 2.26. The van der Waals surface area contributed by atoms with Crippen molar-refractivity contribution < 1.29 is 9.47 Å². The summed E-state index contributed by atoms with van der Waals surface area (Å²) in [5, 5.41) is 0. The number of benzene rings is 1. The van der Waals surface area contributed by atoms with Gasteiger partial charge in [-0.2, -0.15) is 0 Å². The van der Waals surface area contributed by atoms with Gasteiger partial charge in [-0.05, 0) is 62.6 Å². The zero-order valence-electron chi connectivity index (χ0n) is 13.1. The maximum atomic E-state index is 5.96. The van der Waals surface area contributed by atoms with Gasteiger partial charge in [-0.3, -0.25) is 0 Å². The Morgan fingerprint density at radius 1 is 1.33 bits per heavy atom. The molecule has 0 bridgehead atoms. The topological polar surface area (TPSA) is 44.5 Å². The zero-order valence-corrected chi connectivity index (χ0v) is 14.0. The van der Waals surface area contributed by atoms with Crippen molar-refractivity contribution in [3.05, 3.63) is 29.3 Å². The maximum absolute atomic E-state index is 5.96. The monoisotopic (exact) mass is 313 g/mol. The summed E-state index contributed by atoms with van der Waals surface area (Å²) < 4.78 is 11.4. The first kappa shape index (κ1) is 18.3. The summed E-state index contributed by atoms with van der Waals surface area (Å²) >= 11 is 0. The average molecular weight is 314 g/mol. The minimum absolute atomic E-state index is 0. The van der Waals surface area contributed by atoms with Gasteiger partial charge in [-0.15, -0.1) is 12.4 Å². The van der Waals surface area contributed by atoms with E-state index < -0.39 is 0 Å². The normalized spacial score (nSPS) is 15.4. The van der Waals surface area contributed by atoms with Crippen LogP contribution in [0.5, 0.6) is 5.75 Å². The molecular formula is C17H28ClNO2. The summed E-state index contributed by atoms with van der Waals surface area (Å²) in [6.45, 7) is 6.46. The molecule has 0 spiro atoms. The van der Waals surface area contributed by atoms with Crippen molar-refractivity contribution >= 4 is 12.4 Å². The number of rotatable bonds is 9. The molecule has 0 radical (unpaired) electrons. The second-order valence-electron chi connectivity index (χ2n) is 5.82. The highest BCUT2D eigenvalue weighted by Crippen LogP contribution is 2.31. The van der Waals surface area contributed by atoms with E-state index in [1.165, 1.54) is 24.0 Å². The molecule has 4 heteroatoms. The number of hydrogen-bond donors (Lipinski definition) is 1. The lowest BCUT2D eigenvalue weighted by molar-refractivity contribution is 0.151. The molecule has 0 heterocycles. The van der Waals surface area contributed by atoms with Gasteiger partial charge in [-0.1, -0.05) is 12.1 Å². The van der Waals surface area contributed by atoms with Crippen LogP contribution in [-0.2, 0) is 17.6 Å². The van der Waals surface area contributed by atoms with Gasteiger partial charge in [0.25, 0.3) is 0 Å². The van der Waals surface area contributed by atoms with Crippen molar-refractivity contribution in [3.63, 3.8) is 0 Å². The predicted molar refractivity (Wildman–Crippen MR) is 89.5 cm³/mol. The van der Waals surface area contributed by atoms with Gasteiger partial charge in [0, 0.05) is 12.6 Å². The Balaban J connectivity index is 0.00000220. The Morgan fingerprint density at radius 3 is 2.71 bits per heavy atom. The fourth-order valence-corrected chi connectivity index (χ4v) is 2.26. The molecule has 1 aliphatic carbocycles. The van der Waals surface area contributed by atoms with Crippen LogP contribution < -0.4 is 10.5 Å². The summed E-state index contributed by atoms with van der Waals surface area (Å²) in [6, 6.07) is 6.62. The molecular weight excluding hydrogens is 286 g/mol. The molecule has 21 heavy (non-hydrogen) atoms. The van der Waals surface area contributed by atoms with Gasteiger partial charge in [-0.25, -0.2) is 0 Å². The lowest BCUT2D eigenvalue weighted by Gasteiger charge is -2.15. The van der Waals surface area contributed by atoms with Crippen LogP contribution in [0.4, 0.5) is 0 Å². The minimum Gasteiger partial charge on any atom is -0.493 e. The smallest absolute Gasteiger partial charge is 0.122 e. The van der Waals surface area contributed by atoms with Crippen molar-refractivity contribution in [2.24, 2.45) is 11.7 Å². The van der Waals surface area contributed by atoms with Crippen molar-refractivity contribution in [3.8, 4) is 5.75 Å². The van der Waals surface area contributed by atoms with E-state index in [4.69, 9.17) is 15.2 Å². The molecule has 1 fully saturated rings. The maximum Gasteiger partial charge on any atom is 0.122 e. The van der Waals surface area contributed by atoms with Crippen LogP contribution in [0, 0.1) is 5.92 Å². The molecule has 3 nitrogen and oxygen atoms in total. The molecule has 2 rings (SSSR count). The summed E-state index contributed by atoms with van der Waals surface area (Å²) in [4.78, 5) is 0. The highest BCUT2D eigenvalue weighted by atomic mass is 35.5. The first-order chi connectivity index (χ1) is 9.69. The minimum atomic E-state index is 0. The number of ether oxygens (including phenoxy) is 2. The molecule has 0 saturated heterocycles. The molecule has 1 saturated carbocycles. The van der Waals surface area contributed by atoms with Crippen LogP contribution in [0.25, 0.3) is 0 Å². The molecule has 0 aromatic heterocycles. The Labute approximate surface area is 134 Å². The van der Waals surface area contributed by atoms with Gasteiger partial charge in [0.15, 0.2) is 0 Å². The molecule has 120 valence electrons. The van der Waals surface area contributed by atoms with Gasteiger partial charge >= 0.3 is 0 Å². The number of halogens is 1. The Hall–Kier alpha value is -0.770. The van der Waals surface area contributed by atoms with E-state index in [9.17, 15) is 0 Å². The van der Waals surface area contributed by atoms with Crippen LogP contribution in [0.2, 0.25) is 0 Å². The van der Waals surface area contributed by atoms with Gasteiger partial charge in [0.05, 0.1) is 13.2 Å². The van der Waals surface area contributed by atoms with Gasteiger partial charge in [0.2, 0.25) is 0 Å². The predicted octanol–water partition coefficient (Wildman–Crippen LogP) is 3.37. The van der Waals surface area contributed by atoms with Crippen molar-refractivity contribution in [2.45, 2.75) is 45.6 Å². The third-order valence-electron chi connectivity index (χ3n) is 3.58. The number of hydrogen-bond acceptors (Lipinski definition) is 3. The second kappa shape index (κ2) is 9.29. The number of nitrogens with two attached hydrogens (primary N) is 1. The molecule has 1 aromatic rings. The molecule has 1 atom stereocenters. The lowest BCUT2D eigenvalue weighted by atomic mass is 10.0. The molecule has 1 aliphatic rings. The van der Waals surface area contributed by atoms with E-state index >= 15 is 0 Å². The Morgan fingerprint density at radius 2 is 2.10 bits per heavy atom. The summed E-state index contributed by atoms with van der Waals surface area (Å²) in [5.74, 6) is 1.78. The summed E-state index contributed by atoms with van der Waals surface area (Å²) in [6.07, 6.45) is 4.44. The first-order valence-corrected chi connectivity index (χ1v) is 7.77. The van der Waals surface area contributed by atoms with Crippen LogP contribution in [0.3, 0.4) is 0 Å². The zero-order chi connectivity index (χ0) is 14.4. The average Bonchev–Trinajstić information content (AvgIpc) is 3.21. The Bertz CT molecular complexity index is 419. The van der Waals surface area contributed by atoms with Crippen LogP contribution >= 0.6 is 12.4 Å². The molecule has 1 unspecified atom stereocenters. The molecule has 0 amide bonds. The largest absolute Gasteiger partial charge is 0.493 e. The Kier molecular flexibility index (Phi) is 8.09. The van der Waals surface area contributed by atoms with E-state index in [0.717, 1.165) is 44.3 Å². The van der Waals surface area contributed by atoms with Crippen LogP contribution in [0.1, 0.15) is 37.8 Å². The third-order valence-corrected chi connectivity index (χ3v) is 3.58. The highest BCUT2D eigenvalue weighted by Gasteiger charge is 2.22. The first-order valence-electron chi connectivity index (χ1n) is 7.77. The van der Waals surface area contributed by atoms with Crippen molar-refractivity contribution in [1.29, 1.82) is 0 Å². The molecule has 2 N–H and O–H groups in total. The quantitative estimate of drug-likeness (QED) is 0.711. The van der Waals surface area contributed by atoms with E-state index in [-0.39, 0.29) is 18.4 Å². The van der Waals surface area contributed by atoms with Crippen LogP contribution in [0.15, 0.2) is 18.2 Å². The SMILES string of the molecule is CCOCCc1ccc(OCC2CC2)c(CC(C)N)c1.Cl. The van der Waals surface area contributed by atoms with Gasteiger partial charge in [0.1, 0.15) is 5.75 Å². The standard InChI is InChI=1S/C17H27NO2.ClH/c1-3-19-9-8-14-6-7-17(20-12-15-4-5-15)16(11-14)10-13(2)18;/h6-7,11,13,15H,3-5,8-10,12,18H2,1-2H3;1H. The summed E-state index contributed by atoms with van der Waals surface area (Å²) in [5.41, 5.74) is 8.48. The highest BCUT2D eigenvalue weighted by molar-refractivity contribution is 5.85. The third kappa shape index (κ3) is 6.68. The summed E-state index contributed by atoms with van der Waals surface area (Å²) in [7, 11) is 0. The van der Waals surface area contributed by atoms with Crippen molar-refractivity contribution in [1.82, 2.24) is 0 Å². The van der Waals surface area contributed by atoms with E-state index in [1.807, 2.05) is 13.8 Å². The van der Waals surface area contributed by atoms with E-state index in [2.05, 4.69) is 18.2 Å². The van der Waals surface area contributed by atoms with Crippen molar-refractivity contribution in [2.75, 3.05) is 19.8 Å².